The monoisotopic (exact) mass is 206 g/mol. The van der Waals surface area contributed by atoms with Crippen LogP contribution in [0.5, 0.6) is 0 Å². The first-order valence-corrected chi connectivity index (χ1v) is 5.36. The van der Waals surface area contributed by atoms with Gasteiger partial charge in [0.15, 0.2) is 0 Å². The van der Waals surface area contributed by atoms with Gasteiger partial charge in [-0.2, -0.15) is 0 Å². The summed E-state index contributed by atoms with van der Waals surface area (Å²) in [6.07, 6.45) is 1.70. The summed E-state index contributed by atoms with van der Waals surface area (Å²) in [5.74, 6) is -0.530. The molecule has 0 amide bonds. The standard InChI is InChI=1S/C13H18O2/c1-10(8-11(2)13(14)15)9-12-6-4-3-5-7-12/h3-7,10-11H,8-9H2,1-2H3,(H,14,15)/t10-,11+/m1/s1. The van der Waals surface area contributed by atoms with Gasteiger partial charge in [-0.25, -0.2) is 0 Å². The summed E-state index contributed by atoms with van der Waals surface area (Å²) < 4.78 is 0. The topological polar surface area (TPSA) is 37.3 Å². The summed E-state index contributed by atoms with van der Waals surface area (Å²) in [5, 5.41) is 8.80. The zero-order valence-corrected chi connectivity index (χ0v) is 9.31. The van der Waals surface area contributed by atoms with E-state index in [1.807, 2.05) is 18.2 Å². The Morgan fingerprint density at radius 1 is 1.27 bits per heavy atom. The second-order valence-electron chi connectivity index (χ2n) is 4.27. The fourth-order valence-corrected chi connectivity index (χ4v) is 1.80. The van der Waals surface area contributed by atoms with Gasteiger partial charge in [-0.1, -0.05) is 44.2 Å². The third-order valence-electron chi connectivity index (χ3n) is 2.60. The van der Waals surface area contributed by atoms with Crippen LogP contribution in [0.2, 0.25) is 0 Å². The summed E-state index contributed by atoms with van der Waals surface area (Å²) in [6.45, 7) is 3.87. The Bertz CT molecular complexity index is 306. The first-order valence-electron chi connectivity index (χ1n) is 5.36. The lowest BCUT2D eigenvalue weighted by molar-refractivity contribution is -0.141. The number of carboxylic acids is 1. The fraction of sp³-hybridized carbons (Fsp3) is 0.462. The number of carboxylic acid groups (broad SMARTS) is 1. The van der Waals surface area contributed by atoms with E-state index in [0.717, 1.165) is 12.8 Å². The summed E-state index contributed by atoms with van der Waals surface area (Å²) in [6, 6.07) is 10.2. The molecule has 0 bridgehead atoms. The van der Waals surface area contributed by atoms with Gasteiger partial charge >= 0.3 is 5.97 Å². The molecule has 0 aliphatic heterocycles. The van der Waals surface area contributed by atoms with Crippen molar-refractivity contribution in [1.82, 2.24) is 0 Å². The molecule has 2 nitrogen and oxygen atoms in total. The van der Waals surface area contributed by atoms with E-state index in [9.17, 15) is 4.79 Å². The Morgan fingerprint density at radius 2 is 1.87 bits per heavy atom. The van der Waals surface area contributed by atoms with Crippen LogP contribution in [0.3, 0.4) is 0 Å². The quantitative estimate of drug-likeness (QED) is 0.804. The van der Waals surface area contributed by atoms with Crippen LogP contribution in [-0.4, -0.2) is 11.1 Å². The third-order valence-corrected chi connectivity index (χ3v) is 2.60. The van der Waals surface area contributed by atoms with E-state index in [1.54, 1.807) is 6.92 Å². The molecule has 2 atom stereocenters. The van der Waals surface area contributed by atoms with Gasteiger partial charge < -0.3 is 5.11 Å². The predicted molar refractivity (Wildman–Crippen MR) is 60.7 cm³/mol. The van der Waals surface area contributed by atoms with Gasteiger partial charge in [0.05, 0.1) is 5.92 Å². The highest BCUT2D eigenvalue weighted by Crippen LogP contribution is 2.16. The smallest absolute Gasteiger partial charge is 0.306 e. The van der Waals surface area contributed by atoms with Crippen molar-refractivity contribution >= 4 is 5.97 Å². The predicted octanol–water partition coefficient (Wildman–Crippen LogP) is 2.98. The van der Waals surface area contributed by atoms with Crippen LogP contribution < -0.4 is 0 Å². The molecule has 0 saturated carbocycles. The summed E-state index contributed by atoms with van der Waals surface area (Å²) in [7, 11) is 0. The van der Waals surface area contributed by atoms with E-state index in [4.69, 9.17) is 5.11 Å². The van der Waals surface area contributed by atoms with Crippen molar-refractivity contribution in [2.45, 2.75) is 26.7 Å². The molecule has 0 aromatic heterocycles. The first-order chi connectivity index (χ1) is 7.09. The minimum Gasteiger partial charge on any atom is -0.481 e. The molecule has 0 radical (unpaired) electrons. The van der Waals surface area contributed by atoms with Crippen molar-refractivity contribution in [2.24, 2.45) is 11.8 Å². The summed E-state index contributed by atoms with van der Waals surface area (Å²) in [4.78, 5) is 10.7. The lowest BCUT2D eigenvalue weighted by Crippen LogP contribution is -2.14. The molecule has 1 N–H and O–H groups in total. The average molecular weight is 206 g/mol. The zero-order valence-electron chi connectivity index (χ0n) is 9.31. The lowest BCUT2D eigenvalue weighted by Gasteiger charge is -2.13. The normalized spacial score (nSPS) is 14.5. The van der Waals surface area contributed by atoms with Gasteiger partial charge in [0.1, 0.15) is 0 Å². The van der Waals surface area contributed by atoms with Crippen molar-refractivity contribution in [1.29, 1.82) is 0 Å². The molecule has 1 aromatic carbocycles. The van der Waals surface area contributed by atoms with E-state index in [0.29, 0.717) is 5.92 Å². The Kier molecular flexibility index (Phi) is 4.35. The number of rotatable bonds is 5. The molecule has 0 unspecified atom stereocenters. The van der Waals surface area contributed by atoms with E-state index in [-0.39, 0.29) is 5.92 Å². The van der Waals surface area contributed by atoms with Gasteiger partial charge in [-0.3, -0.25) is 4.79 Å². The van der Waals surface area contributed by atoms with Gasteiger partial charge in [0.2, 0.25) is 0 Å². The van der Waals surface area contributed by atoms with Gasteiger partial charge in [0.25, 0.3) is 0 Å². The average Bonchev–Trinajstić information content (AvgIpc) is 2.18. The molecule has 0 aliphatic rings. The highest BCUT2D eigenvalue weighted by molar-refractivity contribution is 5.69. The van der Waals surface area contributed by atoms with Crippen LogP contribution in [0, 0.1) is 11.8 Å². The van der Waals surface area contributed by atoms with Crippen LogP contribution in [0.15, 0.2) is 30.3 Å². The van der Waals surface area contributed by atoms with Crippen molar-refractivity contribution < 1.29 is 9.90 Å². The number of carbonyl (C=O) groups is 1. The van der Waals surface area contributed by atoms with Crippen LogP contribution in [0.4, 0.5) is 0 Å². The molecular formula is C13H18O2. The van der Waals surface area contributed by atoms with E-state index < -0.39 is 5.97 Å². The van der Waals surface area contributed by atoms with Gasteiger partial charge in [-0.05, 0) is 24.3 Å². The van der Waals surface area contributed by atoms with Gasteiger partial charge in [0, 0.05) is 0 Å². The lowest BCUT2D eigenvalue weighted by atomic mass is 9.92. The molecule has 0 aliphatic carbocycles. The molecule has 0 spiro atoms. The molecule has 0 heterocycles. The van der Waals surface area contributed by atoms with E-state index >= 15 is 0 Å². The summed E-state index contributed by atoms with van der Waals surface area (Å²) in [5.41, 5.74) is 1.28. The minimum absolute atomic E-state index is 0.247. The number of aliphatic carboxylic acids is 1. The Balaban J connectivity index is 2.43. The Morgan fingerprint density at radius 3 is 2.40 bits per heavy atom. The molecular weight excluding hydrogens is 188 g/mol. The highest BCUT2D eigenvalue weighted by Gasteiger charge is 2.15. The number of hydrogen-bond donors (Lipinski definition) is 1. The maximum absolute atomic E-state index is 10.7. The van der Waals surface area contributed by atoms with Crippen molar-refractivity contribution in [3.8, 4) is 0 Å². The molecule has 15 heavy (non-hydrogen) atoms. The van der Waals surface area contributed by atoms with Crippen molar-refractivity contribution in [3.63, 3.8) is 0 Å². The molecule has 0 fully saturated rings. The largest absolute Gasteiger partial charge is 0.481 e. The van der Waals surface area contributed by atoms with E-state index in [1.165, 1.54) is 5.56 Å². The van der Waals surface area contributed by atoms with Crippen LogP contribution >= 0.6 is 0 Å². The highest BCUT2D eigenvalue weighted by atomic mass is 16.4. The second-order valence-corrected chi connectivity index (χ2v) is 4.27. The van der Waals surface area contributed by atoms with Crippen LogP contribution in [0.1, 0.15) is 25.8 Å². The molecule has 1 rings (SSSR count). The van der Waals surface area contributed by atoms with Crippen molar-refractivity contribution in [2.75, 3.05) is 0 Å². The zero-order chi connectivity index (χ0) is 11.3. The molecule has 2 heteroatoms. The van der Waals surface area contributed by atoms with Crippen molar-refractivity contribution in [3.05, 3.63) is 35.9 Å². The van der Waals surface area contributed by atoms with Gasteiger partial charge in [-0.15, -0.1) is 0 Å². The fourth-order valence-electron chi connectivity index (χ4n) is 1.80. The maximum atomic E-state index is 10.7. The number of benzene rings is 1. The second kappa shape index (κ2) is 5.54. The Hall–Kier alpha value is -1.31. The third kappa shape index (κ3) is 4.15. The van der Waals surface area contributed by atoms with E-state index in [2.05, 4.69) is 19.1 Å². The molecule has 82 valence electrons. The van der Waals surface area contributed by atoms with Crippen LogP contribution in [0.25, 0.3) is 0 Å². The molecule has 1 aromatic rings. The first kappa shape index (κ1) is 11.8. The Labute approximate surface area is 90.9 Å². The van der Waals surface area contributed by atoms with Crippen LogP contribution in [-0.2, 0) is 11.2 Å². The SMILES string of the molecule is C[C@@H](Cc1ccccc1)C[C@H](C)C(=O)O. The minimum atomic E-state index is -0.699. The maximum Gasteiger partial charge on any atom is 0.306 e. The molecule has 0 saturated heterocycles. The summed E-state index contributed by atoms with van der Waals surface area (Å²) >= 11 is 0. The number of hydrogen-bond acceptors (Lipinski definition) is 1.